The normalized spacial score (nSPS) is 12.9. The van der Waals surface area contributed by atoms with E-state index in [0.29, 0.717) is 6.54 Å². The molecule has 0 aliphatic rings. The van der Waals surface area contributed by atoms with Crippen molar-refractivity contribution in [1.29, 1.82) is 0 Å². The van der Waals surface area contributed by atoms with Crippen molar-refractivity contribution in [1.82, 2.24) is 10.5 Å². The molecule has 80 valence electrons. The zero-order chi connectivity index (χ0) is 10.7. The highest BCUT2D eigenvalue weighted by molar-refractivity contribution is 5.11. The number of hydrogen-bond donors (Lipinski definition) is 1. The van der Waals surface area contributed by atoms with Gasteiger partial charge in [-0.2, -0.15) is 0 Å². The highest BCUT2D eigenvalue weighted by Crippen LogP contribution is 2.13. The maximum absolute atomic E-state index is 5.10. The summed E-state index contributed by atoms with van der Waals surface area (Å²) in [5, 5.41) is 7.14. The fourth-order valence-electron chi connectivity index (χ4n) is 1.39. The van der Waals surface area contributed by atoms with E-state index in [9.17, 15) is 0 Å². The van der Waals surface area contributed by atoms with Crippen molar-refractivity contribution in [2.24, 2.45) is 0 Å². The summed E-state index contributed by atoms with van der Waals surface area (Å²) in [6.45, 7) is 4.66. The average Bonchev–Trinajstić information content (AvgIpc) is 2.84. The summed E-state index contributed by atoms with van der Waals surface area (Å²) in [5.74, 6) is 0.850. The van der Waals surface area contributed by atoms with E-state index in [0.717, 1.165) is 17.0 Å². The molecule has 1 atom stereocenters. The van der Waals surface area contributed by atoms with Gasteiger partial charge in [0.2, 0.25) is 0 Å². The lowest BCUT2D eigenvalue weighted by Crippen LogP contribution is -2.17. The second-order valence-electron chi connectivity index (χ2n) is 3.59. The van der Waals surface area contributed by atoms with Gasteiger partial charge in [0.15, 0.2) is 5.76 Å². The third-order valence-corrected chi connectivity index (χ3v) is 2.30. The lowest BCUT2D eigenvalue weighted by molar-refractivity contribution is 0.363. The Kier molecular flexibility index (Phi) is 2.87. The molecule has 1 N–H and O–H groups in total. The summed E-state index contributed by atoms with van der Waals surface area (Å²) >= 11 is 0. The Bertz CT molecular complexity index is 406. The van der Waals surface area contributed by atoms with E-state index in [1.807, 2.05) is 19.1 Å². The highest BCUT2D eigenvalue weighted by Gasteiger charge is 2.07. The number of aryl methyl sites for hydroxylation is 1. The lowest BCUT2D eigenvalue weighted by Gasteiger charge is -2.09. The van der Waals surface area contributed by atoms with Crippen molar-refractivity contribution in [2.75, 3.05) is 0 Å². The smallest absolute Gasteiger partial charge is 0.150 e. The molecular formula is C11H14N2O2. The largest absolute Gasteiger partial charge is 0.472 e. The molecule has 0 aliphatic heterocycles. The molecule has 0 radical (unpaired) electrons. The van der Waals surface area contributed by atoms with Crippen molar-refractivity contribution < 1.29 is 8.94 Å². The van der Waals surface area contributed by atoms with Gasteiger partial charge in [-0.15, -0.1) is 0 Å². The molecule has 4 heteroatoms. The Morgan fingerprint density at radius 1 is 1.53 bits per heavy atom. The topological polar surface area (TPSA) is 51.2 Å². The maximum atomic E-state index is 5.10. The lowest BCUT2D eigenvalue weighted by atomic mass is 10.2. The summed E-state index contributed by atoms with van der Waals surface area (Å²) in [6.07, 6.45) is 3.41. The van der Waals surface area contributed by atoms with Crippen LogP contribution >= 0.6 is 0 Å². The summed E-state index contributed by atoms with van der Waals surface area (Å²) in [6, 6.07) is 4.12. The van der Waals surface area contributed by atoms with Gasteiger partial charge in [-0.25, -0.2) is 0 Å². The van der Waals surface area contributed by atoms with Gasteiger partial charge in [-0.1, -0.05) is 5.16 Å². The number of hydrogen-bond acceptors (Lipinski definition) is 4. The monoisotopic (exact) mass is 206 g/mol. The minimum atomic E-state index is 0.245. The Morgan fingerprint density at radius 3 is 3.00 bits per heavy atom. The number of rotatable bonds is 4. The molecule has 0 saturated heterocycles. The molecule has 2 heterocycles. The van der Waals surface area contributed by atoms with Crippen molar-refractivity contribution in [3.05, 3.63) is 41.7 Å². The van der Waals surface area contributed by atoms with Crippen LogP contribution in [-0.4, -0.2) is 5.16 Å². The first-order valence-electron chi connectivity index (χ1n) is 4.93. The predicted octanol–water partition coefficient (Wildman–Crippen LogP) is 2.43. The van der Waals surface area contributed by atoms with Crippen LogP contribution in [0.15, 0.2) is 33.6 Å². The number of nitrogens with zero attached hydrogens (tertiary/aromatic N) is 1. The first-order valence-corrected chi connectivity index (χ1v) is 4.93. The van der Waals surface area contributed by atoms with Crippen LogP contribution in [0.5, 0.6) is 0 Å². The van der Waals surface area contributed by atoms with Crippen LogP contribution in [0.25, 0.3) is 0 Å². The van der Waals surface area contributed by atoms with Crippen LogP contribution in [0.2, 0.25) is 0 Å². The van der Waals surface area contributed by atoms with E-state index >= 15 is 0 Å². The molecule has 1 unspecified atom stereocenters. The molecule has 0 aromatic carbocycles. The molecule has 2 rings (SSSR count). The summed E-state index contributed by atoms with van der Waals surface area (Å²) < 4.78 is 10.1. The van der Waals surface area contributed by atoms with Gasteiger partial charge in [-0.3, -0.25) is 0 Å². The van der Waals surface area contributed by atoms with Crippen molar-refractivity contribution in [2.45, 2.75) is 26.4 Å². The third kappa shape index (κ3) is 2.47. The van der Waals surface area contributed by atoms with Crippen LogP contribution in [-0.2, 0) is 6.54 Å². The van der Waals surface area contributed by atoms with Gasteiger partial charge in [-0.05, 0) is 19.9 Å². The van der Waals surface area contributed by atoms with E-state index in [2.05, 4.69) is 17.4 Å². The molecule has 2 aromatic rings. The molecule has 4 nitrogen and oxygen atoms in total. The van der Waals surface area contributed by atoms with E-state index in [1.54, 1.807) is 12.5 Å². The molecule has 0 fully saturated rings. The van der Waals surface area contributed by atoms with Crippen LogP contribution in [0, 0.1) is 6.92 Å². The zero-order valence-corrected chi connectivity index (χ0v) is 8.86. The quantitative estimate of drug-likeness (QED) is 0.834. The van der Waals surface area contributed by atoms with Gasteiger partial charge >= 0.3 is 0 Å². The Morgan fingerprint density at radius 2 is 2.40 bits per heavy atom. The minimum Gasteiger partial charge on any atom is -0.472 e. The van der Waals surface area contributed by atoms with Crippen LogP contribution in [0.4, 0.5) is 0 Å². The summed E-state index contributed by atoms with van der Waals surface area (Å²) in [5.41, 5.74) is 2.04. The SMILES string of the molecule is Cc1cc(CNC(C)c2ccoc2)on1. The molecular weight excluding hydrogens is 192 g/mol. The fourth-order valence-corrected chi connectivity index (χ4v) is 1.39. The molecule has 0 spiro atoms. The van der Waals surface area contributed by atoms with Gasteiger partial charge in [0, 0.05) is 17.7 Å². The molecule has 0 aliphatic carbocycles. The van der Waals surface area contributed by atoms with Gasteiger partial charge in [0.05, 0.1) is 24.8 Å². The van der Waals surface area contributed by atoms with Crippen LogP contribution < -0.4 is 5.32 Å². The van der Waals surface area contributed by atoms with E-state index in [1.165, 1.54) is 0 Å². The van der Waals surface area contributed by atoms with E-state index in [4.69, 9.17) is 8.94 Å². The summed E-state index contributed by atoms with van der Waals surface area (Å²) in [4.78, 5) is 0. The minimum absolute atomic E-state index is 0.245. The van der Waals surface area contributed by atoms with Crippen molar-refractivity contribution >= 4 is 0 Å². The van der Waals surface area contributed by atoms with Gasteiger partial charge in [0.1, 0.15) is 0 Å². The molecule has 15 heavy (non-hydrogen) atoms. The molecule has 2 aromatic heterocycles. The highest BCUT2D eigenvalue weighted by atomic mass is 16.5. The number of nitrogens with one attached hydrogen (secondary N) is 1. The standard InChI is InChI=1S/C11H14N2O2/c1-8-5-11(15-13-8)6-12-9(2)10-3-4-14-7-10/h3-5,7,9,12H,6H2,1-2H3. The molecule has 0 saturated carbocycles. The van der Waals surface area contributed by atoms with Crippen molar-refractivity contribution in [3.63, 3.8) is 0 Å². The first kappa shape index (κ1) is 9.98. The number of furan rings is 1. The molecule has 0 bridgehead atoms. The van der Waals surface area contributed by atoms with Crippen molar-refractivity contribution in [3.8, 4) is 0 Å². The van der Waals surface area contributed by atoms with Crippen LogP contribution in [0.1, 0.15) is 30.0 Å². The van der Waals surface area contributed by atoms with E-state index < -0.39 is 0 Å². The van der Waals surface area contributed by atoms with Gasteiger partial charge < -0.3 is 14.3 Å². The number of aromatic nitrogens is 1. The van der Waals surface area contributed by atoms with Crippen LogP contribution in [0.3, 0.4) is 0 Å². The van der Waals surface area contributed by atoms with Gasteiger partial charge in [0.25, 0.3) is 0 Å². The fraction of sp³-hybridized carbons (Fsp3) is 0.364. The summed E-state index contributed by atoms with van der Waals surface area (Å²) in [7, 11) is 0. The first-order chi connectivity index (χ1) is 7.25. The maximum Gasteiger partial charge on any atom is 0.150 e. The Labute approximate surface area is 88.3 Å². The third-order valence-electron chi connectivity index (χ3n) is 2.30. The predicted molar refractivity (Wildman–Crippen MR) is 55.2 cm³/mol. The molecule has 0 amide bonds. The zero-order valence-electron chi connectivity index (χ0n) is 8.86. The second-order valence-corrected chi connectivity index (χ2v) is 3.59. The Hall–Kier alpha value is -1.55. The van der Waals surface area contributed by atoms with E-state index in [-0.39, 0.29) is 6.04 Å². The average molecular weight is 206 g/mol. The Balaban J connectivity index is 1.88. The second kappa shape index (κ2) is 4.31.